The van der Waals surface area contributed by atoms with Gasteiger partial charge in [-0.05, 0) is 26.3 Å². The van der Waals surface area contributed by atoms with Gasteiger partial charge in [-0.25, -0.2) is 13.8 Å². The normalized spacial score (nSPS) is 25.0. The number of nitrogens with one attached hydrogen (secondary N) is 1. The standard InChI is InChI=1S/C13H20F2N2S/c1-3-16-9(2)11-8-18-12(17-11)10-5-4-6-13(14,15)7-10/h8-10,16H,3-7H2,1-2H3. The fraction of sp³-hybridized carbons (Fsp3) is 0.769. The average Bonchev–Trinajstić information content (AvgIpc) is 2.77. The number of thiazole rings is 1. The van der Waals surface area contributed by atoms with Gasteiger partial charge in [0, 0.05) is 30.2 Å². The van der Waals surface area contributed by atoms with Crippen LogP contribution in [0.1, 0.15) is 62.2 Å². The van der Waals surface area contributed by atoms with Crippen LogP contribution in [0.2, 0.25) is 0 Å². The first kappa shape index (κ1) is 13.9. The Balaban J connectivity index is 2.05. The minimum atomic E-state index is -2.50. The topological polar surface area (TPSA) is 24.9 Å². The first-order valence-corrected chi connectivity index (χ1v) is 7.46. The van der Waals surface area contributed by atoms with Gasteiger partial charge in [-0.15, -0.1) is 11.3 Å². The van der Waals surface area contributed by atoms with Crippen molar-refractivity contribution in [2.45, 2.75) is 57.4 Å². The Labute approximate surface area is 111 Å². The van der Waals surface area contributed by atoms with Gasteiger partial charge in [0.2, 0.25) is 5.92 Å². The Morgan fingerprint density at radius 1 is 1.61 bits per heavy atom. The van der Waals surface area contributed by atoms with Crippen LogP contribution < -0.4 is 5.32 Å². The predicted molar refractivity (Wildman–Crippen MR) is 70.4 cm³/mol. The van der Waals surface area contributed by atoms with Crippen molar-refractivity contribution >= 4 is 11.3 Å². The number of nitrogens with zero attached hydrogens (tertiary/aromatic N) is 1. The summed E-state index contributed by atoms with van der Waals surface area (Å²) in [6, 6.07) is 0.198. The second-order valence-electron chi connectivity index (χ2n) is 5.04. The molecule has 2 unspecified atom stereocenters. The summed E-state index contributed by atoms with van der Waals surface area (Å²) in [5, 5.41) is 6.17. The molecule has 102 valence electrons. The first-order chi connectivity index (χ1) is 8.52. The van der Waals surface area contributed by atoms with Crippen molar-refractivity contribution < 1.29 is 8.78 Å². The molecule has 0 radical (unpaired) electrons. The Morgan fingerprint density at radius 3 is 3.06 bits per heavy atom. The molecular formula is C13H20F2N2S. The van der Waals surface area contributed by atoms with E-state index in [0.717, 1.165) is 23.7 Å². The molecule has 1 aromatic rings. The lowest BCUT2D eigenvalue weighted by Gasteiger charge is -2.27. The Bertz CT molecular complexity index is 392. The molecule has 2 rings (SSSR count). The van der Waals surface area contributed by atoms with Crippen LogP contribution in [-0.4, -0.2) is 17.5 Å². The molecule has 2 atom stereocenters. The van der Waals surface area contributed by atoms with E-state index < -0.39 is 5.92 Å². The smallest absolute Gasteiger partial charge is 0.248 e. The summed E-state index contributed by atoms with van der Waals surface area (Å²) in [5.74, 6) is -2.55. The molecule has 1 N–H and O–H groups in total. The van der Waals surface area contributed by atoms with Crippen molar-refractivity contribution in [2.24, 2.45) is 0 Å². The zero-order valence-corrected chi connectivity index (χ0v) is 11.7. The van der Waals surface area contributed by atoms with Crippen LogP contribution in [0.3, 0.4) is 0 Å². The van der Waals surface area contributed by atoms with Crippen LogP contribution in [0.25, 0.3) is 0 Å². The van der Waals surface area contributed by atoms with E-state index in [1.807, 2.05) is 12.3 Å². The van der Waals surface area contributed by atoms with Crippen LogP contribution in [0.15, 0.2) is 5.38 Å². The molecule has 0 aliphatic heterocycles. The van der Waals surface area contributed by atoms with Crippen molar-refractivity contribution in [3.8, 4) is 0 Å². The molecule has 1 saturated carbocycles. The molecular weight excluding hydrogens is 254 g/mol. The monoisotopic (exact) mass is 274 g/mol. The van der Waals surface area contributed by atoms with Crippen molar-refractivity contribution in [2.75, 3.05) is 6.54 Å². The largest absolute Gasteiger partial charge is 0.309 e. The van der Waals surface area contributed by atoms with Crippen LogP contribution in [-0.2, 0) is 0 Å². The first-order valence-electron chi connectivity index (χ1n) is 6.58. The molecule has 18 heavy (non-hydrogen) atoms. The van der Waals surface area contributed by atoms with Crippen molar-refractivity contribution in [1.29, 1.82) is 0 Å². The maximum atomic E-state index is 13.4. The highest BCUT2D eigenvalue weighted by Gasteiger charge is 2.37. The zero-order valence-electron chi connectivity index (χ0n) is 10.9. The fourth-order valence-corrected chi connectivity index (χ4v) is 3.53. The van der Waals surface area contributed by atoms with E-state index in [4.69, 9.17) is 0 Å². The highest BCUT2D eigenvalue weighted by molar-refractivity contribution is 7.09. The number of alkyl halides is 2. The molecule has 1 heterocycles. The predicted octanol–water partition coefficient (Wildman–Crippen LogP) is 4.11. The number of rotatable bonds is 4. The van der Waals surface area contributed by atoms with E-state index in [1.54, 1.807) is 0 Å². The van der Waals surface area contributed by atoms with Gasteiger partial charge < -0.3 is 5.32 Å². The van der Waals surface area contributed by atoms with Crippen LogP contribution in [0.4, 0.5) is 8.78 Å². The summed E-state index contributed by atoms with van der Waals surface area (Å²) in [6.45, 7) is 4.98. The highest BCUT2D eigenvalue weighted by atomic mass is 32.1. The minimum Gasteiger partial charge on any atom is -0.309 e. The van der Waals surface area contributed by atoms with Gasteiger partial charge in [0.1, 0.15) is 0 Å². The molecule has 0 saturated heterocycles. The van der Waals surface area contributed by atoms with Gasteiger partial charge in [-0.3, -0.25) is 0 Å². The third-order valence-electron chi connectivity index (χ3n) is 3.48. The van der Waals surface area contributed by atoms with Gasteiger partial charge in [0.15, 0.2) is 0 Å². The molecule has 0 amide bonds. The van der Waals surface area contributed by atoms with Crippen molar-refractivity contribution in [3.63, 3.8) is 0 Å². The zero-order chi connectivity index (χ0) is 13.2. The maximum absolute atomic E-state index is 13.4. The molecule has 1 aliphatic rings. The van der Waals surface area contributed by atoms with E-state index in [0.29, 0.717) is 6.42 Å². The lowest BCUT2D eigenvalue weighted by atomic mass is 9.87. The SMILES string of the molecule is CCNC(C)c1csc(C2CCCC(F)(F)C2)n1. The average molecular weight is 274 g/mol. The van der Waals surface area contributed by atoms with Gasteiger partial charge in [0.05, 0.1) is 10.7 Å². The molecule has 5 heteroatoms. The van der Waals surface area contributed by atoms with Gasteiger partial charge in [-0.1, -0.05) is 6.92 Å². The van der Waals surface area contributed by atoms with E-state index in [2.05, 4.69) is 17.2 Å². The highest BCUT2D eigenvalue weighted by Crippen LogP contribution is 2.42. The molecule has 2 nitrogen and oxygen atoms in total. The number of aromatic nitrogens is 1. The molecule has 0 spiro atoms. The van der Waals surface area contributed by atoms with Crippen molar-refractivity contribution in [3.05, 3.63) is 16.1 Å². The van der Waals surface area contributed by atoms with Gasteiger partial charge >= 0.3 is 0 Å². The lowest BCUT2D eigenvalue weighted by molar-refractivity contribution is -0.0408. The Kier molecular flexibility index (Phi) is 4.33. The summed E-state index contributed by atoms with van der Waals surface area (Å²) in [4.78, 5) is 4.54. The third-order valence-corrected chi connectivity index (χ3v) is 4.51. The molecule has 1 fully saturated rings. The summed E-state index contributed by atoms with van der Waals surface area (Å²) in [6.07, 6.45) is 1.46. The summed E-state index contributed by atoms with van der Waals surface area (Å²) >= 11 is 1.53. The summed E-state index contributed by atoms with van der Waals surface area (Å²) < 4.78 is 26.8. The van der Waals surface area contributed by atoms with Crippen LogP contribution >= 0.6 is 11.3 Å². The second kappa shape index (κ2) is 5.61. The molecule has 0 bridgehead atoms. The Morgan fingerprint density at radius 2 is 2.39 bits per heavy atom. The van der Waals surface area contributed by atoms with E-state index >= 15 is 0 Å². The van der Waals surface area contributed by atoms with E-state index in [-0.39, 0.29) is 24.8 Å². The van der Waals surface area contributed by atoms with E-state index in [9.17, 15) is 8.78 Å². The van der Waals surface area contributed by atoms with Crippen molar-refractivity contribution in [1.82, 2.24) is 10.3 Å². The molecule has 1 aromatic heterocycles. The fourth-order valence-electron chi connectivity index (χ4n) is 2.48. The maximum Gasteiger partial charge on any atom is 0.248 e. The van der Waals surface area contributed by atoms with Gasteiger partial charge in [0.25, 0.3) is 0 Å². The molecule has 1 aliphatic carbocycles. The van der Waals surface area contributed by atoms with Gasteiger partial charge in [-0.2, -0.15) is 0 Å². The summed E-state index contributed by atoms with van der Waals surface area (Å²) in [7, 11) is 0. The Hall–Kier alpha value is -0.550. The summed E-state index contributed by atoms with van der Waals surface area (Å²) in [5.41, 5.74) is 0.978. The quantitative estimate of drug-likeness (QED) is 0.894. The number of hydrogen-bond acceptors (Lipinski definition) is 3. The molecule has 0 aromatic carbocycles. The van der Waals surface area contributed by atoms with Crippen LogP contribution in [0.5, 0.6) is 0 Å². The lowest BCUT2D eigenvalue weighted by Crippen LogP contribution is -2.25. The van der Waals surface area contributed by atoms with E-state index in [1.165, 1.54) is 11.3 Å². The number of halogens is 2. The second-order valence-corrected chi connectivity index (χ2v) is 5.93. The third kappa shape index (κ3) is 3.26. The minimum absolute atomic E-state index is 0.0322. The van der Waals surface area contributed by atoms with Crippen LogP contribution in [0, 0.1) is 0 Å². The number of hydrogen-bond donors (Lipinski definition) is 1.